The Bertz CT molecular complexity index is 482. The predicted molar refractivity (Wildman–Crippen MR) is 65.5 cm³/mol. The summed E-state index contributed by atoms with van der Waals surface area (Å²) in [6.07, 6.45) is -5.97. The van der Waals surface area contributed by atoms with Crippen molar-refractivity contribution in [2.24, 2.45) is 0 Å². The Kier molecular flexibility index (Phi) is 5.35. The number of benzene rings is 1. The van der Waals surface area contributed by atoms with E-state index in [0.717, 1.165) is 12.1 Å². The number of rotatable bonds is 5. The summed E-state index contributed by atoms with van der Waals surface area (Å²) < 4.78 is 44.9. The van der Waals surface area contributed by atoms with E-state index < -0.39 is 24.2 Å². The van der Waals surface area contributed by atoms with Crippen LogP contribution in [0.4, 0.5) is 13.2 Å². The SMILES string of the molecule is CCC(Oc1c(Cl)cc(OC(F)(F)F)cc1Cl)C(=O)O. The normalized spacial score (nSPS) is 12.9. The van der Waals surface area contributed by atoms with E-state index in [1.807, 2.05) is 0 Å². The Morgan fingerprint density at radius 3 is 2.20 bits per heavy atom. The molecule has 1 rings (SSSR count). The smallest absolute Gasteiger partial charge is 0.479 e. The van der Waals surface area contributed by atoms with Gasteiger partial charge >= 0.3 is 12.3 Å². The van der Waals surface area contributed by atoms with E-state index in [4.69, 9.17) is 33.0 Å². The lowest BCUT2D eigenvalue weighted by molar-refractivity contribution is -0.274. The molecule has 0 saturated carbocycles. The lowest BCUT2D eigenvalue weighted by atomic mass is 10.2. The maximum absolute atomic E-state index is 12.1. The second-order valence-electron chi connectivity index (χ2n) is 3.62. The molecule has 20 heavy (non-hydrogen) atoms. The highest BCUT2D eigenvalue weighted by Crippen LogP contribution is 2.39. The largest absolute Gasteiger partial charge is 0.573 e. The highest BCUT2D eigenvalue weighted by molar-refractivity contribution is 6.37. The summed E-state index contributed by atoms with van der Waals surface area (Å²) in [6.45, 7) is 1.56. The van der Waals surface area contributed by atoms with Crippen LogP contribution in [0.5, 0.6) is 11.5 Å². The molecule has 0 saturated heterocycles. The number of carboxylic acid groups (broad SMARTS) is 1. The van der Waals surface area contributed by atoms with Crippen molar-refractivity contribution in [1.82, 2.24) is 0 Å². The average Bonchev–Trinajstić information content (AvgIpc) is 2.25. The molecule has 112 valence electrons. The molecule has 1 unspecified atom stereocenters. The minimum absolute atomic E-state index is 0.128. The van der Waals surface area contributed by atoms with Crippen LogP contribution in [0.15, 0.2) is 12.1 Å². The van der Waals surface area contributed by atoms with E-state index >= 15 is 0 Å². The summed E-state index contributed by atoms with van der Waals surface area (Å²) >= 11 is 11.4. The minimum atomic E-state index is -4.89. The number of carboxylic acids is 1. The van der Waals surface area contributed by atoms with Crippen molar-refractivity contribution in [3.8, 4) is 11.5 Å². The van der Waals surface area contributed by atoms with E-state index in [1.54, 1.807) is 6.92 Å². The quantitative estimate of drug-likeness (QED) is 0.880. The van der Waals surface area contributed by atoms with E-state index in [1.165, 1.54) is 0 Å². The zero-order valence-corrected chi connectivity index (χ0v) is 11.5. The lowest BCUT2D eigenvalue weighted by Crippen LogP contribution is -2.26. The molecule has 0 aromatic heterocycles. The van der Waals surface area contributed by atoms with Crippen molar-refractivity contribution in [2.45, 2.75) is 25.8 Å². The topological polar surface area (TPSA) is 55.8 Å². The predicted octanol–water partition coefficient (Wildman–Crippen LogP) is 4.13. The van der Waals surface area contributed by atoms with E-state index in [2.05, 4.69) is 4.74 Å². The molecule has 1 atom stereocenters. The zero-order chi connectivity index (χ0) is 15.5. The van der Waals surface area contributed by atoms with Crippen LogP contribution in [-0.2, 0) is 4.79 Å². The van der Waals surface area contributed by atoms with Gasteiger partial charge in [-0.25, -0.2) is 4.79 Å². The van der Waals surface area contributed by atoms with E-state index in [9.17, 15) is 18.0 Å². The highest BCUT2D eigenvalue weighted by atomic mass is 35.5. The third kappa shape index (κ3) is 4.64. The molecule has 0 heterocycles. The highest BCUT2D eigenvalue weighted by Gasteiger charge is 2.32. The summed E-state index contributed by atoms with van der Waals surface area (Å²) in [5.74, 6) is -2.07. The van der Waals surface area contributed by atoms with Crippen LogP contribution in [0.25, 0.3) is 0 Å². The monoisotopic (exact) mass is 332 g/mol. The second kappa shape index (κ2) is 6.41. The van der Waals surface area contributed by atoms with Crippen molar-refractivity contribution in [3.63, 3.8) is 0 Å². The van der Waals surface area contributed by atoms with Gasteiger partial charge in [0.1, 0.15) is 5.75 Å². The van der Waals surface area contributed by atoms with Gasteiger partial charge in [0.25, 0.3) is 0 Å². The first kappa shape index (κ1) is 16.7. The number of alkyl halides is 3. The van der Waals surface area contributed by atoms with Gasteiger partial charge in [-0.15, -0.1) is 13.2 Å². The molecule has 4 nitrogen and oxygen atoms in total. The first-order chi connectivity index (χ1) is 9.14. The third-order valence-corrected chi connectivity index (χ3v) is 2.67. The molecule has 0 fully saturated rings. The molecule has 0 spiro atoms. The average molecular weight is 333 g/mol. The maximum Gasteiger partial charge on any atom is 0.573 e. The summed E-state index contributed by atoms with van der Waals surface area (Å²) in [7, 11) is 0. The van der Waals surface area contributed by atoms with Crippen LogP contribution in [-0.4, -0.2) is 23.5 Å². The number of carbonyl (C=O) groups is 1. The van der Waals surface area contributed by atoms with Gasteiger partial charge in [0.05, 0.1) is 10.0 Å². The van der Waals surface area contributed by atoms with Gasteiger partial charge in [-0.3, -0.25) is 0 Å². The summed E-state index contributed by atoms with van der Waals surface area (Å²) in [5, 5.41) is 8.28. The molecule has 0 aliphatic heterocycles. The molecule has 0 aliphatic rings. The number of ether oxygens (including phenoxy) is 2. The van der Waals surface area contributed by atoms with Crippen LogP contribution in [0, 0.1) is 0 Å². The molecule has 0 bridgehead atoms. The van der Waals surface area contributed by atoms with E-state index in [0.29, 0.717) is 0 Å². The molecule has 0 aliphatic carbocycles. The van der Waals surface area contributed by atoms with Crippen LogP contribution < -0.4 is 9.47 Å². The first-order valence-electron chi connectivity index (χ1n) is 5.28. The summed E-state index contributed by atoms with van der Waals surface area (Å²) in [5.41, 5.74) is 0. The molecule has 9 heteroatoms. The van der Waals surface area contributed by atoms with Gasteiger partial charge in [-0.05, 0) is 6.42 Å². The van der Waals surface area contributed by atoms with Crippen molar-refractivity contribution in [3.05, 3.63) is 22.2 Å². The van der Waals surface area contributed by atoms with Crippen molar-refractivity contribution < 1.29 is 32.5 Å². The standard InChI is InChI=1S/C11H9Cl2F3O4/c1-2-8(10(17)18)19-9-6(12)3-5(4-7(9)13)20-11(14,15)16/h3-4,8H,2H2,1H3,(H,17,18). The Morgan fingerprint density at radius 1 is 1.35 bits per heavy atom. The zero-order valence-electron chi connectivity index (χ0n) is 10.0. The summed E-state index contributed by atoms with van der Waals surface area (Å²) in [4.78, 5) is 10.8. The van der Waals surface area contributed by atoms with Crippen LogP contribution in [0.3, 0.4) is 0 Å². The molecule has 1 aromatic carbocycles. The van der Waals surface area contributed by atoms with Crippen molar-refractivity contribution in [2.75, 3.05) is 0 Å². The number of aliphatic carboxylic acids is 1. The Labute approximate surface area is 122 Å². The fourth-order valence-electron chi connectivity index (χ4n) is 1.29. The summed E-state index contributed by atoms with van der Waals surface area (Å²) in [6, 6.07) is 1.68. The van der Waals surface area contributed by atoms with Crippen molar-refractivity contribution in [1.29, 1.82) is 0 Å². The molecular formula is C11H9Cl2F3O4. The van der Waals surface area contributed by atoms with Gasteiger partial charge in [-0.2, -0.15) is 0 Å². The molecule has 0 radical (unpaired) electrons. The lowest BCUT2D eigenvalue weighted by Gasteiger charge is -2.17. The third-order valence-electron chi connectivity index (χ3n) is 2.11. The second-order valence-corrected chi connectivity index (χ2v) is 4.43. The van der Waals surface area contributed by atoms with Crippen LogP contribution in [0.2, 0.25) is 10.0 Å². The van der Waals surface area contributed by atoms with Crippen molar-refractivity contribution >= 4 is 29.2 Å². The molecule has 1 N–H and O–H groups in total. The van der Waals surface area contributed by atoms with Gasteiger partial charge in [0.2, 0.25) is 0 Å². The van der Waals surface area contributed by atoms with E-state index in [-0.39, 0.29) is 22.2 Å². The fourth-order valence-corrected chi connectivity index (χ4v) is 1.85. The van der Waals surface area contributed by atoms with Crippen LogP contribution >= 0.6 is 23.2 Å². The van der Waals surface area contributed by atoms with Gasteiger partial charge < -0.3 is 14.6 Å². The first-order valence-corrected chi connectivity index (χ1v) is 6.04. The Balaban J connectivity index is 3.03. The molecular weight excluding hydrogens is 324 g/mol. The number of halogens is 5. The number of hydrogen-bond acceptors (Lipinski definition) is 3. The number of hydrogen-bond donors (Lipinski definition) is 1. The van der Waals surface area contributed by atoms with Gasteiger partial charge in [-0.1, -0.05) is 30.1 Å². The van der Waals surface area contributed by atoms with Crippen LogP contribution in [0.1, 0.15) is 13.3 Å². The molecule has 1 aromatic rings. The van der Waals surface area contributed by atoms with Gasteiger partial charge in [0.15, 0.2) is 11.9 Å². The van der Waals surface area contributed by atoms with Gasteiger partial charge in [0, 0.05) is 12.1 Å². The molecule has 0 amide bonds. The Hall–Kier alpha value is -1.34. The maximum atomic E-state index is 12.1. The minimum Gasteiger partial charge on any atom is -0.479 e. The fraction of sp³-hybridized carbons (Fsp3) is 0.364. The Morgan fingerprint density at radius 2 is 1.85 bits per heavy atom.